The highest BCUT2D eigenvalue weighted by Crippen LogP contribution is 2.34. The monoisotopic (exact) mass is 488 g/mol. The van der Waals surface area contributed by atoms with Crippen molar-refractivity contribution in [2.24, 2.45) is 10.9 Å². The summed E-state index contributed by atoms with van der Waals surface area (Å²) in [7, 11) is 5.23. The molecule has 1 saturated carbocycles. The lowest BCUT2D eigenvalue weighted by Crippen LogP contribution is -2.45. The quantitative estimate of drug-likeness (QED) is 0.351. The maximum Gasteiger partial charge on any atom is 0.191 e. The van der Waals surface area contributed by atoms with Crippen molar-refractivity contribution in [3.63, 3.8) is 0 Å². The summed E-state index contributed by atoms with van der Waals surface area (Å²) in [6, 6.07) is 7.03. The van der Waals surface area contributed by atoms with E-state index in [1.807, 2.05) is 13.1 Å². The Kier molecular flexibility index (Phi) is 8.31. The van der Waals surface area contributed by atoms with E-state index in [9.17, 15) is 0 Å². The Bertz CT molecular complexity index is 618. The van der Waals surface area contributed by atoms with Crippen molar-refractivity contribution >= 4 is 35.6 Å². The fourth-order valence-corrected chi connectivity index (χ4v) is 3.74. The number of benzene rings is 1. The van der Waals surface area contributed by atoms with Crippen molar-refractivity contribution < 1.29 is 9.47 Å². The van der Waals surface area contributed by atoms with Crippen molar-refractivity contribution in [1.82, 2.24) is 10.6 Å². The minimum absolute atomic E-state index is 0. The van der Waals surface area contributed by atoms with Gasteiger partial charge in [0.2, 0.25) is 0 Å². The van der Waals surface area contributed by atoms with E-state index in [0.29, 0.717) is 12.1 Å². The van der Waals surface area contributed by atoms with E-state index in [4.69, 9.17) is 9.47 Å². The predicted molar refractivity (Wildman–Crippen MR) is 122 cm³/mol. The third-order valence-corrected chi connectivity index (χ3v) is 5.36. The van der Waals surface area contributed by atoms with Crippen LogP contribution in [0, 0.1) is 5.92 Å². The van der Waals surface area contributed by atoms with Crippen molar-refractivity contribution in [2.45, 2.75) is 44.7 Å². The molecular formula is C20H33IN4O2. The minimum Gasteiger partial charge on any atom is -0.497 e. The molecule has 0 aromatic heterocycles. The highest BCUT2D eigenvalue weighted by molar-refractivity contribution is 14.0. The zero-order valence-corrected chi connectivity index (χ0v) is 19.2. The van der Waals surface area contributed by atoms with Crippen LogP contribution in [0.1, 0.15) is 32.6 Å². The summed E-state index contributed by atoms with van der Waals surface area (Å²) in [6.45, 7) is 4.20. The summed E-state index contributed by atoms with van der Waals surface area (Å²) in [5, 5.41) is 7.17. The molecule has 0 spiro atoms. The van der Waals surface area contributed by atoms with Gasteiger partial charge in [-0.15, -0.1) is 24.0 Å². The van der Waals surface area contributed by atoms with Gasteiger partial charge < -0.3 is 25.0 Å². The van der Waals surface area contributed by atoms with Crippen LogP contribution in [0.5, 0.6) is 11.5 Å². The van der Waals surface area contributed by atoms with E-state index in [1.54, 1.807) is 14.2 Å². The van der Waals surface area contributed by atoms with E-state index in [0.717, 1.165) is 48.6 Å². The molecule has 3 rings (SSSR count). The molecule has 1 saturated heterocycles. The Morgan fingerprint density at radius 1 is 1.19 bits per heavy atom. The number of ether oxygens (including phenoxy) is 2. The van der Waals surface area contributed by atoms with Crippen LogP contribution in [0.4, 0.5) is 5.69 Å². The molecule has 3 atom stereocenters. The van der Waals surface area contributed by atoms with Gasteiger partial charge in [0.25, 0.3) is 0 Å². The number of nitrogens with one attached hydrogen (secondary N) is 2. The van der Waals surface area contributed by atoms with Gasteiger partial charge in [0.1, 0.15) is 11.5 Å². The predicted octanol–water partition coefficient (Wildman–Crippen LogP) is 3.25. The number of aliphatic imine (C=N–C) groups is 1. The van der Waals surface area contributed by atoms with Gasteiger partial charge in [0.15, 0.2) is 5.96 Å². The molecule has 2 aliphatic rings. The largest absolute Gasteiger partial charge is 0.497 e. The minimum atomic E-state index is 0. The number of anilines is 1. The number of guanidine groups is 1. The maximum absolute atomic E-state index is 5.39. The van der Waals surface area contributed by atoms with Gasteiger partial charge in [-0.05, 0) is 25.2 Å². The second-order valence-corrected chi connectivity index (χ2v) is 7.25. The Morgan fingerprint density at radius 3 is 2.48 bits per heavy atom. The molecular weight excluding hydrogens is 455 g/mol. The fraction of sp³-hybridized carbons (Fsp3) is 0.650. The third-order valence-electron chi connectivity index (χ3n) is 5.36. The lowest BCUT2D eigenvalue weighted by Gasteiger charge is -2.21. The molecule has 1 aliphatic carbocycles. The Labute approximate surface area is 180 Å². The molecule has 0 radical (unpaired) electrons. The van der Waals surface area contributed by atoms with E-state index >= 15 is 0 Å². The zero-order chi connectivity index (χ0) is 18.5. The molecule has 3 unspecified atom stereocenters. The standard InChI is InChI=1S/C20H32N4O2.HI/c1-5-6-14-9-19(14)23-20(21-2)22-15-7-8-24(13-15)16-10-17(25-3)12-18(11-16)26-4;/h10-12,14-15,19H,5-9,13H2,1-4H3,(H2,21,22,23);1H. The Balaban J connectivity index is 0.00000261. The molecule has 1 heterocycles. The molecule has 6 nitrogen and oxygen atoms in total. The lowest BCUT2D eigenvalue weighted by molar-refractivity contribution is 0.394. The second-order valence-electron chi connectivity index (χ2n) is 7.25. The van der Waals surface area contributed by atoms with Gasteiger partial charge in [-0.1, -0.05) is 13.3 Å². The first-order chi connectivity index (χ1) is 12.7. The highest BCUT2D eigenvalue weighted by Gasteiger charge is 2.37. The van der Waals surface area contributed by atoms with E-state index in [1.165, 1.54) is 19.3 Å². The first kappa shape index (κ1) is 21.9. The molecule has 2 fully saturated rings. The third kappa shape index (κ3) is 5.80. The Hall–Kier alpha value is -1.38. The molecule has 2 N–H and O–H groups in total. The SMILES string of the molecule is CCCC1CC1NC(=NC)NC1CCN(c2cc(OC)cc(OC)c2)C1.I. The first-order valence-electron chi connectivity index (χ1n) is 9.64. The van der Waals surface area contributed by atoms with Crippen LogP contribution in [0.15, 0.2) is 23.2 Å². The van der Waals surface area contributed by atoms with Crippen LogP contribution in [-0.2, 0) is 0 Å². The topological polar surface area (TPSA) is 58.1 Å². The van der Waals surface area contributed by atoms with Crippen molar-refractivity contribution in [2.75, 3.05) is 39.3 Å². The van der Waals surface area contributed by atoms with E-state index in [2.05, 4.69) is 39.6 Å². The molecule has 27 heavy (non-hydrogen) atoms. The number of hydrogen-bond donors (Lipinski definition) is 2. The van der Waals surface area contributed by atoms with Crippen LogP contribution in [-0.4, -0.2) is 52.4 Å². The summed E-state index contributed by atoms with van der Waals surface area (Å²) in [4.78, 5) is 6.78. The molecule has 152 valence electrons. The molecule has 0 bridgehead atoms. The molecule has 1 aromatic carbocycles. The average molecular weight is 488 g/mol. The van der Waals surface area contributed by atoms with Crippen LogP contribution < -0.4 is 25.0 Å². The smallest absolute Gasteiger partial charge is 0.191 e. The molecule has 1 aromatic rings. The van der Waals surface area contributed by atoms with Crippen LogP contribution in [0.2, 0.25) is 0 Å². The average Bonchev–Trinajstić information content (AvgIpc) is 3.22. The fourth-order valence-electron chi connectivity index (χ4n) is 3.74. The highest BCUT2D eigenvalue weighted by atomic mass is 127. The van der Waals surface area contributed by atoms with Crippen LogP contribution in [0.3, 0.4) is 0 Å². The molecule has 1 aliphatic heterocycles. The number of rotatable bonds is 7. The number of nitrogens with zero attached hydrogens (tertiary/aromatic N) is 2. The zero-order valence-electron chi connectivity index (χ0n) is 16.8. The summed E-state index contributed by atoms with van der Waals surface area (Å²) in [5.74, 6) is 3.40. The Morgan fingerprint density at radius 2 is 1.89 bits per heavy atom. The van der Waals surface area contributed by atoms with E-state index in [-0.39, 0.29) is 24.0 Å². The second kappa shape index (κ2) is 10.2. The lowest BCUT2D eigenvalue weighted by atomic mass is 10.2. The van der Waals surface area contributed by atoms with Crippen LogP contribution >= 0.6 is 24.0 Å². The van der Waals surface area contributed by atoms with Crippen molar-refractivity contribution in [3.05, 3.63) is 18.2 Å². The van der Waals surface area contributed by atoms with Gasteiger partial charge in [-0.2, -0.15) is 0 Å². The maximum atomic E-state index is 5.39. The van der Waals surface area contributed by atoms with E-state index < -0.39 is 0 Å². The number of halogens is 1. The molecule has 7 heteroatoms. The first-order valence-corrected chi connectivity index (χ1v) is 9.64. The van der Waals surface area contributed by atoms with Crippen molar-refractivity contribution in [1.29, 1.82) is 0 Å². The van der Waals surface area contributed by atoms with Gasteiger partial charge in [0, 0.05) is 56.1 Å². The summed E-state index contributed by atoms with van der Waals surface area (Å²) in [6.07, 6.45) is 4.93. The van der Waals surface area contributed by atoms with Gasteiger partial charge in [0.05, 0.1) is 14.2 Å². The normalized spacial score (nSPS) is 24.2. The summed E-state index contributed by atoms with van der Waals surface area (Å²) >= 11 is 0. The van der Waals surface area contributed by atoms with Gasteiger partial charge in [-0.3, -0.25) is 4.99 Å². The number of hydrogen-bond acceptors (Lipinski definition) is 4. The molecule has 0 amide bonds. The number of methoxy groups -OCH3 is 2. The summed E-state index contributed by atoms with van der Waals surface area (Å²) in [5.41, 5.74) is 1.14. The van der Waals surface area contributed by atoms with Crippen LogP contribution in [0.25, 0.3) is 0 Å². The summed E-state index contributed by atoms with van der Waals surface area (Å²) < 4.78 is 10.8. The van der Waals surface area contributed by atoms with Gasteiger partial charge >= 0.3 is 0 Å². The van der Waals surface area contributed by atoms with Gasteiger partial charge in [-0.25, -0.2) is 0 Å². The van der Waals surface area contributed by atoms with Crippen molar-refractivity contribution in [3.8, 4) is 11.5 Å².